The highest BCUT2D eigenvalue weighted by atomic mass is 16.8. The highest BCUT2D eigenvalue weighted by Crippen LogP contribution is 2.75. The summed E-state index contributed by atoms with van der Waals surface area (Å²) < 4.78 is 47.7. The molecule has 4 saturated heterocycles. The summed E-state index contributed by atoms with van der Waals surface area (Å²) >= 11 is 0. The quantitative estimate of drug-likeness (QED) is 0.0637. The summed E-state index contributed by atoms with van der Waals surface area (Å²) in [7, 11) is 0. The van der Waals surface area contributed by atoms with Crippen LogP contribution in [0.15, 0.2) is 11.6 Å². The van der Waals surface area contributed by atoms with Crippen LogP contribution in [0.5, 0.6) is 0 Å². The Morgan fingerprint density at radius 3 is 1.63 bits per heavy atom. The molecule has 24 heteroatoms. The zero-order chi connectivity index (χ0) is 57.5. The molecule has 0 amide bonds. The first-order valence-corrected chi connectivity index (χ1v) is 28.0. The van der Waals surface area contributed by atoms with E-state index in [0.29, 0.717) is 32.1 Å². The van der Waals surface area contributed by atoms with Gasteiger partial charge >= 0.3 is 0 Å². The fourth-order valence-electron chi connectivity index (χ4n) is 15.6. The second kappa shape index (κ2) is 23.7. The molecule has 4 heterocycles. The Morgan fingerprint density at radius 2 is 1.09 bits per heavy atom. The number of aliphatic hydroxyl groups is 16. The van der Waals surface area contributed by atoms with Crippen LogP contribution in [0.2, 0.25) is 0 Å². The van der Waals surface area contributed by atoms with Crippen LogP contribution in [-0.2, 0) is 37.9 Å². The summed E-state index contributed by atoms with van der Waals surface area (Å²) in [4.78, 5) is 0. The minimum Gasteiger partial charge on any atom is -0.394 e. The minimum atomic E-state index is -1.93. The van der Waals surface area contributed by atoms with Gasteiger partial charge in [0.2, 0.25) is 0 Å². The number of ether oxygens (including phenoxy) is 8. The molecule has 452 valence electrons. The number of fused-ring (bicyclic) bond motifs is 5. The van der Waals surface area contributed by atoms with E-state index in [0.717, 1.165) is 18.4 Å². The largest absolute Gasteiger partial charge is 0.394 e. The van der Waals surface area contributed by atoms with Gasteiger partial charge in [0.25, 0.3) is 0 Å². The van der Waals surface area contributed by atoms with E-state index in [2.05, 4.69) is 47.6 Å². The summed E-state index contributed by atoms with van der Waals surface area (Å²) in [5, 5.41) is 172. The number of allylic oxidation sites excluding steroid dienone is 1. The van der Waals surface area contributed by atoms with Gasteiger partial charge in [-0.25, -0.2) is 0 Å². The topological polar surface area (TPSA) is 398 Å². The van der Waals surface area contributed by atoms with Crippen molar-refractivity contribution in [2.24, 2.45) is 45.3 Å². The molecule has 4 aliphatic heterocycles. The van der Waals surface area contributed by atoms with Gasteiger partial charge in [-0.15, -0.1) is 0 Å². The Hall–Kier alpha value is -1.22. The van der Waals surface area contributed by atoms with Crippen LogP contribution >= 0.6 is 0 Å². The van der Waals surface area contributed by atoms with Gasteiger partial charge in [0, 0.05) is 10.8 Å². The van der Waals surface area contributed by atoms with Gasteiger partial charge in [-0.05, 0) is 99.7 Å². The van der Waals surface area contributed by atoms with Crippen molar-refractivity contribution in [1.82, 2.24) is 0 Å². The molecule has 0 bridgehead atoms. The Bertz CT molecular complexity index is 2020. The molecule has 78 heavy (non-hydrogen) atoms. The molecule has 30 atom stereocenters. The Morgan fingerprint density at radius 1 is 0.590 bits per heavy atom. The minimum absolute atomic E-state index is 0.00555. The Balaban J connectivity index is 0.987. The van der Waals surface area contributed by atoms with Crippen LogP contribution in [0, 0.1) is 45.3 Å². The van der Waals surface area contributed by atoms with E-state index >= 15 is 0 Å². The van der Waals surface area contributed by atoms with Gasteiger partial charge in [0.05, 0.1) is 50.3 Å². The average Bonchev–Trinajstić information content (AvgIpc) is 3.21. The molecule has 0 spiro atoms. The molecular formula is C54H92O24. The van der Waals surface area contributed by atoms with Crippen LogP contribution in [0.3, 0.4) is 0 Å². The fraction of sp³-hybridized carbons (Fsp3) is 0.963. The maximum atomic E-state index is 12.7. The number of aliphatic hydroxyl groups excluding tert-OH is 15. The Kier molecular flexibility index (Phi) is 19.1. The van der Waals surface area contributed by atoms with Gasteiger partial charge in [0.15, 0.2) is 25.2 Å². The van der Waals surface area contributed by atoms with Crippen molar-refractivity contribution in [3.63, 3.8) is 0 Å². The summed E-state index contributed by atoms with van der Waals surface area (Å²) in [6.45, 7) is 13.5. The average molecular weight is 1130 g/mol. The van der Waals surface area contributed by atoms with E-state index in [9.17, 15) is 81.7 Å². The van der Waals surface area contributed by atoms with E-state index in [1.54, 1.807) is 0 Å². The summed E-state index contributed by atoms with van der Waals surface area (Å²) in [6, 6.07) is 0. The van der Waals surface area contributed by atoms with Crippen molar-refractivity contribution in [3.8, 4) is 0 Å². The normalized spacial score (nSPS) is 51.4. The van der Waals surface area contributed by atoms with Crippen molar-refractivity contribution < 1.29 is 120 Å². The van der Waals surface area contributed by atoms with Gasteiger partial charge < -0.3 is 120 Å². The second-order valence-corrected chi connectivity index (χ2v) is 25.9. The molecule has 8 rings (SSSR count). The highest BCUT2D eigenvalue weighted by molar-refractivity contribution is 5.32. The highest BCUT2D eigenvalue weighted by Gasteiger charge is 2.70. The third-order valence-corrected chi connectivity index (χ3v) is 20.8. The third kappa shape index (κ3) is 11.0. The van der Waals surface area contributed by atoms with Crippen LogP contribution in [0.4, 0.5) is 0 Å². The predicted octanol–water partition coefficient (Wildman–Crippen LogP) is -3.23. The molecule has 16 N–H and O–H groups in total. The summed E-state index contributed by atoms with van der Waals surface area (Å²) in [6.07, 6.45) is -27.6. The summed E-state index contributed by atoms with van der Waals surface area (Å²) in [5.41, 5.74) is -2.07. The smallest absolute Gasteiger partial charge is 0.187 e. The molecule has 0 radical (unpaired) electrons. The zero-order valence-corrected chi connectivity index (χ0v) is 46.1. The SMILES string of the molecule is C[C@H](CC[C@H](O[C@@H]1O[C@H](CO[C@@H]2O[C@H](CO)[C@@H](O)[C@H](O)[C@H]2O)[C@@H](O)[C@H](O)[C@H]1O[C@@H]1O[C@H](CO)[C@@H](O)[C@H](O)[C@H]1O)C(C)(C)O)[C@H]1CC[C@@]2(C)[C@H]3CC=C4[C@@H](CC[C@H](O[C@@H]5O[C@H](CO)[C@@H](O)[C@H](O)[C@H]5O)C4(C)C)[C@]3(C)[C@H](O)C[C@]12C. The molecule has 4 aliphatic carbocycles. The lowest BCUT2D eigenvalue weighted by atomic mass is 9.38. The molecule has 0 aromatic carbocycles. The lowest BCUT2D eigenvalue weighted by Crippen LogP contribution is -2.65. The molecule has 0 aromatic rings. The van der Waals surface area contributed by atoms with E-state index in [1.165, 1.54) is 13.8 Å². The third-order valence-electron chi connectivity index (χ3n) is 20.8. The first-order valence-electron chi connectivity index (χ1n) is 28.0. The van der Waals surface area contributed by atoms with Crippen molar-refractivity contribution in [2.75, 3.05) is 26.4 Å². The standard InChI is InChI=1S/C54H92O24/c1-22(23-15-16-52(6)30-12-10-24-25(54(30,8)31(58)17-53(23,52)7)11-14-32(50(24,2)3)76-47-43(68)39(64)35(60)27(19-56)73-47)9-13-33(51(4,5)70)77-49-45(78-48-44(69)40(65)36(61)28(20-57)74-48)41(66)37(62)29(75-49)21-71-46-42(67)38(63)34(59)26(18-55)72-46/h10,22-23,25-49,55-70H,9,11-21H2,1-8H3/t22-,23-,25-,26-,27-,28-,29-,30-,31-,32+,33+,34-,35-,36-,37-,38+,39+,40+,41+,42-,43-,44-,45-,46-,47+,48+,49+,52+,53-,54+/m1/s1. The molecule has 7 fully saturated rings. The molecule has 24 nitrogen and oxygen atoms in total. The number of hydrogen-bond acceptors (Lipinski definition) is 24. The van der Waals surface area contributed by atoms with Gasteiger partial charge in [-0.1, -0.05) is 53.2 Å². The van der Waals surface area contributed by atoms with Crippen molar-refractivity contribution in [3.05, 3.63) is 11.6 Å². The summed E-state index contributed by atoms with van der Waals surface area (Å²) in [5.74, 6) is 0.223. The van der Waals surface area contributed by atoms with E-state index < -0.39 is 184 Å². The first-order chi connectivity index (χ1) is 36.4. The fourth-order valence-corrected chi connectivity index (χ4v) is 15.6. The van der Waals surface area contributed by atoms with E-state index in [-0.39, 0.29) is 40.9 Å². The zero-order valence-electron chi connectivity index (χ0n) is 46.1. The van der Waals surface area contributed by atoms with Crippen LogP contribution in [0.1, 0.15) is 107 Å². The van der Waals surface area contributed by atoms with Crippen molar-refractivity contribution in [1.29, 1.82) is 0 Å². The molecule has 8 aliphatic rings. The predicted molar refractivity (Wildman–Crippen MR) is 268 cm³/mol. The van der Waals surface area contributed by atoms with Crippen LogP contribution in [0.25, 0.3) is 0 Å². The molecule has 3 saturated carbocycles. The Labute approximate surface area is 455 Å². The maximum absolute atomic E-state index is 12.7. The molecular weight excluding hydrogens is 1030 g/mol. The van der Waals surface area contributed by atoms with Crippen molar-refractivity contribution in [2.45, 2.75) is 253 Å². The lowest BCUT2D eigenvalue weighted by Gasteiger charge is -2.67. The van der Waals surface area contributed by atoms with Crippen LogP contribution in [-0.4, -0.2) is 255 Å². The van der Waals surface area contributed by atoms with Crippen molar-refractivity contribution >= 4 is 0 Å². The van der Waals surface area contributed by atoms with Crippen LogP contribution < -0.4 is 0 Å². The van der Waals surface area contributed by atoms with Gasteiger partial charge in [-0.2, -0.15) is 0 Å². The first kappa shape index (κ1) is 62.8. The number of hydrogen-bond donors (Lipinski definition) is 16. The molecule has 0 aromatic heterocycles. The monoisotopic (exact) mass is 1120 g/mol. The second-order valence-electron chi connectivity index (χ2n) is 25.9. The molecule has 0 unspecified atom stereocenters. The maximum Gasteiger partial charge on any atom is 0.187 e. The van der Waals surface area contributed by atoms with E-state index in [4.69, 9.17) is 37.9 Å². The number of rotatable bonds is 17. The van der Waals surface area contributed by atoms with E-state index in [1.807, 2.05) is 0 Å². The lowest BCUT2D eigenvalue weighted by molar-refractivity contribution is -0.380. The van der Waals surface area contributed by atoms with Gasteiger partial charge in [0.1, 0.15) is 97.7 Å². The van der Waals surface area contributed by atoms with Gasteiger partial charge in [-0.3, -0.25) is 0 Å².